The molecule has 0 unspecified atom stereocenters. The van der Waals surface area contributed by atoms with Crippen molar-refractivity contribution in [2.45, 2.75) is 19.9 Å². The van der Waals surface area contributed by atoms with Crippen LogP contribution in [0.2, 0.25) is 5.02 Å². The molecule has 5 nitrogen and oxygen atoms in total. The molecule has 0 aliphatic heterocycles. The Labute approximate surface area is 183 Å². The number of halogens is 2. The van der Waals surface area contributed by atoms with Gasteiger partial charge in [0, 0.05) is 30.7 Å². The number of benzene rings is 2. The molecule has 0 atom stereocenters. The third-order valence-electron chi connectivity index (χ3n) is 3.80. The summed E-state index contributed by atoms with van der Waals surface area (Å²) in [7, 11) is 1.64. The molecule has 146 valence electrons. The number of hydrogen-bond acceptors (Lipinski definition) is 2. The molecule has 0 aliphatic rings. The molecular formula is C20H26ClIN4O. The number of rotatable bonds is 7. The van der Waals surface area contributed by atoms with E-state index in [0.717, 1.165) is 41.6 Å². The van der Waals surface area contributed by atoms with Crippen molar-refractivity contribution in [2.24, 2.45) is 4.99 Å². The van der Waals surface area contributed by atoms with E-state index in [4.69, 9.17) is 11.6 Å². The summed E-state index contributed by atoms with van der Waals surface area (Å²) in [5.41, 5.74) is 2.88. The first-order valence-electron chi connectivity index (χ1n) is 8.70. The molecular weight excluding hydrogens is 475 g/mol. The zero-order valence-corrected chi connectivity index (χ0v) is 18.7. The molecule has 3 N–H and O–H groups in total. The molecule has 0 saturated heterocycles. The van der Waals surface area contributed by atoms with Crippen molar-refractivity contribution in [3.63, 3.8) is 0 Å². The van der Waals surface area contributed by atoms with Gasteiger partial charge in [0.15, 0.2) is 5.96 Å². The van der Waals surface area contributed by atoms with Crippen LogP contribution in [0.15, 0.2) is 53.5 Å². The van der Waals surface area contributed by atoms with Gasteiger partial charge in [-0.1, -0.05) is 35.9 Å². The minimum Gasteiger partial charge on any atom is -0.357 e. The second-order valence-corrected chi connectivity index (χ2v) is 6.21. The number of hydrogen-bond donors (Lipinski definition) is 3. The molecule has 0 saturated carbocycles. The fraction of sp³-hybridized carbons (Fsp3) is 0.300. The summed E-state index contributed by atoms with van der Waals surface area (Å²) in [5.74, 6) is 0.697. The molecule has 0 fully saturated rings. The number of nitrogens with one attached hydrogen (secondary N) is 3. The standard InChI is InChI=1S/C20H25ClN4O.HI/c1-3-23-20(25-14-16-7-9-18(21)10-8-16)24-12-11-15-5-4-6-17(13-15)19(26)22-2;/h4-10,13H,3,11-12,14H2,1-2H3,(H,22,26)(H2,23,24,25);1H. The Morgan fingerprint density at radius 2 is 1.81 bits per heavy atom. The predicted octanol–water partition coefficient (Wildman–Crippen LogP) is 3.62. The fourth-order valence-electron chi connectivity index (χ4n) is 2.44. The summed E-state index contributed by atoms with van der Waals surface area (Å²) >= 11 is 5.91. The maximum atomic E-state index is 11.7. The average Bonchev–Trinajstić information content (AvgIpc) is 2.67. The van der Waals surface area contributed by atoms with Crippen LogP contribution in [0.25, 0.3) is 0 Å². The first-order valence-corrected chi connectivity index (χ1v) is 9.07. The Hall–Kier alpha value is -1.80. The highest BCUT2D eigenvalue weighted by Crippen LogP contribution is 2.10. The van der Waals surface area contributed by atoms with Crippen LogP contribution in [0, 0.1) is 0 Å². The van der Waals surface area contributed by atoms with Crippen molar-refractivity contribution in [2.75, 3.05) is 20.1 Å². The van der Waals surface area contributed by atoms with Crippen molar-refractivity contribution in [3.05, 3.63) is 70.2 Å². The highest BCUT2D eigenvalue weighted by atomic mass is 127. The van der Waals surface area contributed by atoms with E-state index in [9.17, 15) is 4.79 Å². The maximum absolute atomic E-state index is 11.7. The molecule has 0 bridgehead atoms. The Kier molecular flexibility index (Phi) is 10.8. The number of carbonyl (C=O) groups excluding carboxylic acids is 1. The van der Waals surface area contributed by atoms with Crippen molar-refractivity contribution < 1.29 is 4.79 Å². The van der Waals surface area contributed by atoms with Crippen LogP contribution in [0.4, 0.5) is 0 Å². The third-order valence-corrected chi connectivity index (χ3v) is 4.05. The lowest BCUT2D eigenvalue weighted by Gasteiger charge is -2.12. The van der Waals surface area contributed by atoms with E-state index in [1.807, 2.05) is 55.5 Å². The Morgan fingerprint density at radius 1 is 1.07 bits per heavy atom. The highest BCUT2D eigenvalue weighted by molar-refractivity contribution is 14.0. The van der Waals surface area contributed by atoms with Crippen molar-refractivity contribution in [1.82, 2.24) is 16.0 Å². The monoisotopic (exact) mass is 500 g/mol. The number of nitrogens with zero attached hydrogens (tertiary/aromatic N) is 1. The van der Waals surface area contributed by atoms with E-state index >= 15 is 0 Å². The Bertz CT molecular complexity index is 750. The lowest BCUT2D eigenvalue weighted by atomic mass is 10.1. The SMILES string of the molecule is CCNC(=NCc1ccc(Cl)cc1)NCCc1cccc(C(=O)NC)c1.I. The summed E-state index contributed by atoms with van der Waals surface area (Å²) in [6, 6.07) is 15.3. The van der Waals surface area contributed by atoms with E-state index in [1.165, 1.54) is 0 Å². The minimum absolute atomic E-state index is 0. The van der Waals surface area contributed by atoms with Crippen molar-refractivity contribution in [1.29, 1.82) is 0 Å². The molecule has 7 heteroatoms. The van der Waals surface area contributed by atoms with Crippen LogP contribution in [0.3, 0.4) is 0 Å². The molecule has 27 heavy (non-hydrogen) atoms. The zero-order valence-electron chi connectivity index (χ0n) is 15.6. The minimum atomic E-state index is -0.0716. The van der Waals surface area contributed by atoms with Crippen molar-refractivity contribution >= 4 is 47.4 Å². The summed E-state index contributed by atoms with van der Waals surface area (Å²) in [6.45, 7) is 4.13. The molecule has 0 aliphatic carbocycles. The summed E-state index contributed by atoms with van der Waals surface area (Å²) in [4.78, 5) is 16.3. The fourth-order valence-corrected chi connectivity index (χ4v) is 2.57. The topological polar surface area (TPSA) is 65.5 Å². The molecule has 2 aromatic rings. The van der Waals surface area contributed by atoms with Gasteiger partial charge in [-0.15, -0.1) is 24.0 Å². The Morgan fingerprint density at radius 3 is 2.48 bits per heavy atom. The molecule has 0 radical (unpaired) electrons. The zero-order chi connectivity index (χ0) is 18.8. The molecule has 0 spiro atoms. The normalized spacial score (nSPS) is 10.7. The number of amides is 1. The van der Waals surface area contributed by atoms with Gasteiger partial charge in [0.25, 0.3) is 5.91 Å². The van der Waals surface area contributed by atoms with Crippen LogP contribution in [-0.2, 0) is 13.0 Å². The van der Waals surface area contributed by atoms with E-state index in [-0.39, 0.29) is 29.9 Å². The van der Waals surface area contributed by atoms with Crippen molar-refractivity contribution in [3.8, 4) is 0 Å². The summed E-state index contributed by atoms with van der Waals surface area (Å²) < 4.78 is 0. The van der Waals surface area contributed by atoms with E-state index in [1.54, 1.807) is 7.05 Å². The largest absolute Gasteiger partial charge is 0.357 e. The smallest absolute Gasteiger partial charge is 0.251 e. The Balaban J connectivity index is 0.00000364. The molecule has 2 aromatic carbocycles. The van der Waals surface area contributed by atoms with Gasteiger partial charge >= 0.3 is 0 Å². The quantitative estimate of drug-likeness (QED) is 0.309. The molecule has 0 aromatic heterocycles. The third kappa shape index (κ3) is 8.17. The number of guanidine groups is 1. The predicted molar refractivity (Wildman–Crippen MR) is 123 cm³/mol. The lowest BCUT2D eigenvalue weighted by Crippen LogP contribution is -2.38. The van der Waals surface area contributed by atoms with Gasteiger partial charge in [-0.3, -0.25) is 4.79 Å². The summed E-state index contributed by atoms with van der Waals surface area (Å²) in [5, 5.41) is 9.93. The van der Waals surface area contributed by atoms with E-state index < -0.39 is 0 Å². The molecule has 0 heterocycles. The second kappa shape index (κ2) is 12.6. The van der Waals surface area contributed by atoms with Crippen LogP contribution < -0.4 is 16.0 Å². The molecule has 1 amide bonds. The van der Waals surface area contributed by atoms with Gasteiger partial charge in [0.2, 0.25) is 0 Å². The second-order valence-electron chi connectivity index (χ2n) is 5.78. The van der Waals surface area contributed by atoms with Gasteiger partial charge in [0.05, 0.1) is 6.54 Å². The number of aliphatic imine (C=N–C) groups is 1. The summed E-state index contributed by atoms with van der Waals surface area (Å²) in [6.07, 6.45) is 0.802. The van der Waals surface area contributed by atoms with Gasteiger partial charge in [-0.25, -0.2) is 4.99 Å². The lowest BCUT2D eigenvalue weighted by molar-refractivity contribution is 0.0963. The van der Waals surface area contributed by atoms with E-state index in [0.29, 0.717) is 12.1 Å². The van der Waals surface area contributed by atoms with E-state index in [2.05, 4.69) is 20.9 Å². The van der Waals surface area contributed by atoms with Gasteiger partial charge in [0.1, 0.15) is 0 Å². The van der Waals surface area contributed by atoms with Crippen LogP contribution in [0.1, 0.15) is 28.4 Å². The first kappa shape index (κ1) is 23.2. The van der Waals surface area contributed by atoms with Gasteiger partial charge in [-0.05, 0) is 48.7 Å². The number of carbonyl (C=O) groups is 1. The van der Waals surface area contributed by atoms with Crippen LogP contribution >= 0.6 is 35.6 Å². The molecule has 2 rings (SSSR count). The van der Waals surface area contributed by atoms with Gasteiger partial charge < -0.3 is 16.0 Å². The highest BCUT2D eigenvalue weighted by Gasteiger charge is 2.04. The average molecular weight is 501 g/mol. The van der Waals surface area contributed by atoms with Gasteiger partial charge in [-0.2, -0.15) is 0 Å². The van der Waals surface area contributed by atoms with Crippen LogP contribution in [0.5, 0.6) is 0 Å². The first-order chi connectivity index (χ1) is 12.6. The maximum Gasteiger partial charge on any atom is 0.251 e. The van der Waals surface area contributed by atoms with Crippen LogP contribution in [-0.4, -0.2) is 32.0 Å².